The molecule has 39 heavy (non-hydrogen) atoms. The second kappa shape index (κ2) is 9.90. The highest BCUT2D eigenvalue weighted by atomic mass is 19.4. The number of ether oxygens (including phenoxy) is 2. The molecule has 0 N–H and O–H groups in total. The highest BCUT2D eigenvalue weighted by Gasteiger charge is 2.36. The van der Waals surface area contributed by atoms with Gasteiger partial charge < -0.3 is 14.4 Å². The van der Waals surface area contributed by atoms with Gasteiger partial charge in [-0.3, -0.25) is 9.13 Å². The molecule has 5 rings (SSSR count). The SMILES string of the molecule is COc1cccc2c1n(Cc1ccccc1C(F)(F)F)c(=O)n2C1CCN(c2ccccc2OC(F)(F)F)C1. The molecule has 1 aliphatic rings. The van der Waals surface area contributed by atoms with Gasteiger partial charge in [-0.05, 0) is 42.3 Å². The Bertz CT molecular complexity index is 1560. The van der Waals surface area contributed by atoms with Gasteiger partial charge in [-0.2, -0.15) is 13.2 Å². The molecule has 1 saturated heterocycles. The van der Waals surface area contributed by atoms with E-state index in [1.807, 2.05) is 0 Å². The van der Waals surface area contributed by atoms with Crippen LogP contribution in [0, 0.1) is 0 Å². The van der Waals surface area contributed by atoms with Crippen LogP contribution < -0.4 is 20.1 Å². The number of alkyl halides is 6. The van der Waals surface area contributed by atoms with Crippen LogP contribution in [0.3, 0.4) is 0 Å². The maximum absolute atomic E-state index is 13.8. The van der Waals surface area contributed by atoms with Gasteiger partial charge >= 0.3 is 18.2 Å². The van der Waals surface area contributed by atoms with Crippen molar-refractivity contribution in [3.05, 3.63) is 88.3 Å². The van der Waals surface area contributed by atoms with Gasteiger partial charge in [0.1, 0.15) is 11.3 Å². The molecular formula is C27H23F6N3O3. The predicted octanol–water partition coefficient (Wildman–Crippen LogP) is 6.23. The lowest BCUT2D eigenvalue weighted by atomic mass is 10.1. The Kier molecular flexibility index (Phi) is 6.73. The molecule has 0 radical (unpaired) electrons. The van der Waals surface area contributed by atoms with Gasteiger partial charge in [-0.1, -0.05) is 36.4 Å². The van der Waals surface area contributed by atoms with Crippen LogP contribution in [0.4, 0.5) is 32.0 Å². The summed E-state index contributed by atoms with van der Waals surface area (Å²) in [6.07, 6.45) is -9.07. The van der Waals surface area contributed by atoms with Crippen LogP contribution in [0.15, 0.2) is 71.5 Å². The van der Waals surface area contributed by atoms with E-state index in [2.05, 4.69) is 4.74 Å². The molecule has 1 aromatic heterocycles. The first-order chi connectivity index (χ1) is 18.5. The molecule has 3 aromatic carbocycles. The summed E-state index contributed by atoms with van der Waals surface area (Å²) >= 11 is 0. The van der Waals surface area contributed by atoms with Crippen molar-refractivity contribution < 1.29 is 35.8 Å². The standard InChI is InChI=1S/C27H23F6N3O3/c1-38-23-12-6-10-21-24(23)35(15-17-7-2-3-8-19(17)26(28,29)30)25(37)36(21)18-13-14-34(16-18)20-9-4-5-11-22(20)39-27(31,32)33/h2-12,18H,13-16H2,1H3. The minimum Gasteiger partial charge on any atom is -0.494 e. The normalized spacial score (nSPS) is 16.2. The van der Waals surface area contributed by atoms with Crippen molar-refractivity contribution in [3.63, 3.8) is 0 Å². The molecule has 1 aliphatic heterocycles. The Labute approximate surface area is 218 Å². The first-order valence-corrected chi connectivity index (χ1v) is 12.0. The molecule has 0 saturated carbocycles. The smallest absolute Gasteiger partial charge is 0.494 e. The van der Waals surface area contributed by atoms with Gasteiger partial charge in [0.15, 0.2) is 5.75 Å². The second-order valence-corrected chi connectivity index (χ2v) is 9.13. The molecule has 0 aliphatic carbocycles. The van der Waals surface area contributed by atoms with E-state index in [-0.39, 0.29) is 30.1 Å². The molecule has 1 fully saturated rings. The van der Waals surface area contributed by atoms with Gasteiger partial charge in [0.2, 0.25) is 0 Å². The average Bonchev–Trinajstić information content (AvgIpc) is 3.46. The Hall–Kier alpha value is -4.09. The summed E-state index contributed by atoms with van der Waals surface area (Å²) in [6.45, 7) is 0.174. The number of anilines is 1. The maximum Gasteiger partial charge on any atom is 0.573 e. The lowest BCUT2D eigenvalue weighted by molar-refractivity contribution is -0.274. The van der Waals surface area contributed by atoms with Crippen LogP contribution in [-0.2, 0) is 12.7 Å². The summed E-state index contributed by atoms with van der Waals surface area (Å²) in [5.74, 6) is -0.0440. The van der Waals surface area contributed by atoms with Crippen LogP contribution in [0.25, 0.3) is 11.0 Å². The van der Waals surface area contributed by atoms with E-state index in [9.17, 15) is 31.1 Å². The third kappa shape index (κ3) is 5.15. The quantitative estimate of drug-likeness (QED) is 0.267. The molecule has 206 valence electrons. The Morgan fingerprint density at radius 3 is 2.31 bits per heavy atom. The van der Waals surface area contributed by atoms with Gasteiger partial charge in [0.25, 0.3) is 0 Å². The molecule has 1 unspecified atom stereocenters. The van der Waals surface area contributed by atoms with E-state index < -0.39 is 29.8 Å². The van der Waals surface area contributed by atoms with Crippen LogP contribution in [0.2, 0.25) is 0 Å². The van der Waals surface area contributed by atoms with Crippen molar-refractivity contribution in [2.45, 2.75) is 31.5 Å². The third-order valence-electron chi connectivity index (χ3n) is 6.78. The number of methoxy groups -OCH3 is 1. The number of hydrogen-bond donors (Lipinski definition) is 0. The van der Waals surface area contributed by atoms with Crippen molar-refractivity contribution in [2.24, 2.45) is 0 Å². The van der Waals surface area contributed by atoms with Gasteiger partial charge in [0.05, 0.1) is 36.5 Å². The molecule has 2 heterocycles. The monoisotopic (exact) mass is 551 g/mol. The van der Waals surface area contributed by atoms with E-state index in [4.69, 9.17) is 4.74 Å². The number of nitrogens with zero attached hydrogens (tertiary/aromatic N) is 3. The number of rotatable bonds is 6. The van der Waals surface area contributed by atoms with Crippen molar-refractivity contribution >= 4 is 16.7 Å². The molecule has 0 bridgehead atoms. The average molecular weight is 551 g/mol. The first-order valence-electron chi connectivity index (χ1n) is 12.0. The third-order valence-corrected chi connectivity index (χ3v) is 6.78. The van der Waals surface area contributed by atoms with E-state index in [0.717, 1.165) is 6.07 Å². The van der Waals surface area contributed by atoms with Crippen molar-refractivity contribution in [1.82, 2.24) is 9.13 Å². The summed E-state index contributed by atoms with van der Waals surface area (Å²) < 4.78 is 92.4. The Morgan fingerprint density at radius 2 is 1.59 bits per heavy atom. The molecule has 0 spiro atoms. The zero-order valence-corrected chi connectivity index (χ0v) is 20.6. The summed E-state index contributed by atoms with van der Waals surface area (Å²) in [4.78, 5) is 15.5. The minimum absolute atomic E-state index is 0.0802. The van der Waals surface area contributed by atoms with Crippen molar-refractivity contribution in [1.29, 1.82) is 0 Å². The topological polar surface area (TPSA) is 48.6 Å². The summed E-state index contributed by atoms with van der Waals surface area (Å²) in [5, 5.41) is 0. The Balaban J connectivity index is 1.56. The molecule has 4 aromatic rings. The summed E-state index contributed by atoms with van der Waals surface area (Å²) in [6, 6.07) is 15.3. The maximum atomic E-state index is 13.8. The first kappa shape index (κ1) is 26.5. The summed E-state index contributed by atoms with van der Waals surface area (Å²) in [7, 11) is 1.40. The number of fused-ring (bicyclic) bond motifs is 1. The van der Waals surface area contributed by atoms with Gasteiger partial charge in [0, 0.05) is 13.1 Å². The number of imidazole rings is 1. The van der Waals surface area contributed by atoms with Crippen LogP contribution in [0.5, 0.6) is 11.5 Å². The van der Waals surface area contributed by atoms with Crippen LogP contribution in [-0.4, -0.2) is 35.7 Å². The van der Waals surface area contributed by atoms with Gasteiger partial charge in [-0.15, -0.1) is 13.2 Å². The van der Waals surface area contributed by atoms with Crippen molar-refractivity contribution in [3.8, 4) is 11.5 Å². The van der Waals surface area contributed by atoms with E-state index >= 15 is 0 Å². The minimum atomic E-state index is -4.87. The molecule has 1 atom stereocenters. The number of benzene rings is 3. The Morgan fingerprint density at radius 1 is 0.897 bits per heavy atom. The predicted molar refractivity (Wildman–Crippen MR) is 132 cm³/mol. The molecular weight excluding hydrogens is 528 g/mol. The van der Waals surface area contributed by atoms with E-state index in [1.165, 1.54) is 52.6 Å². The number of para-hydroxylation sites is 3. The zero-order chi connectivity index (χ0) is 27.9. The van der Waals surface area contributed by atoms with E-state index in [0.29, 0.717) is 29.7 Å². The second-order valence-electron chi connectivity index (χ2n) is 9.13. The van der Waals surface area contributed by atoms with E-state index in [1.54, 1.807) is 29.2 Å². The van der Waals surface area contributed by atoms with Gasteiger partial charge in [-0.25, -0.2) is 4.79 Å². The molecule has 6 nitrogen and oxygen atoms in total. The fourth-order valence-electron chi connectivity index (χ4n) is 5.18. The number of aromatic nitrogens is 2. The van der Waals surface area contributed by atoms with Crippen LogP contribution >= 0.6 is 0 Å². The van der Waals surface area contributed by atoms with Crippen LogP contribution in [0.1, 0.15) is 23.6 Å². The van der Waals surface area contributed by atoms with Crippen molar-refractivity contribution in [2.75, 3.05) is 25.1 Å². The highest BCUT2D eigenvalue weighted by Crippen LogP contribution is 2.38. The summed E-state index contributed by atoms with van der Waals surface area (Å²) in [5.41, 5.74) is -0.454. The lowest BCUT2D eigenvalue weighted by Gasteiger charge is -2.22. The molecule has 0 amide bonds. The fourth-order valence-corrected chi connectivity index (χ4v) is 5.18. The highest BCUT2D eigenvalue weighted by molar-refractivity contribution is 5.83. The largest absolute Gasteiger partial charge is 0.573 e. The lowest BCUT2D eigenvalue weighted by Crippen LogP contribution is -2.30. The molecule has 12 heteroatoms. The number of halogens is 6. The zero-order valence-electron chi connectivity index (χ0n) is 20.6. The number of hydrogen-bond acceptors (Lipinski definition) is 4. The fraction of sp³-hybridized carbons (Fsp3) is 0.296.